The van der Waals surface area contributed by atoms with E-state index >= 15 is 0 Å². The third kappa shape index (κ3) is 7.38. The van der Waals surface area contributed by atoms with E-state index in [0.29, 0.717) is 24.0 Å². The summed E-state index contributed by atoms with van der Waals surface area (Å²) in [5.74, 6) is 4.18. The van der Waals surface area contributed by atoms with Crippen LogP contribution in [-0.4, -0.2) is 60.6 Å². The molecule has 0 unspecified atom stereocenters. The minimum absolute atomic E-state index is 0.338. The number of hydrogen-bond acceptors (Lipinski definition) is 8. The summed E-state index contributed by atoms with van der Waals surface area (Å²) in [5.41, 5.74) is 6.81. The lowest BCUT2D eigenvalue weighted by Crippen LogP contribution is -2.47. The predicted molar refractivity (Wildman–Crippen MR) is 145 cm³/mol. The van der Waals surface area contributed by atoms with Gasteiger partial charge >= 0.3 is 0 Å². The molecule has 0 bridgehead atoms. The lowest BCUT2D eigenvalue weighted by atomic mass is 10.2. The number of nitrogens with two attached hydrogens (primary N) is 1. The molecule has 1 saturated heterocycles. The van der Waals surface area contributed by atoms with Crippen molar-refractivity contribution in [2.45, 2.75) is 29.2 Å². The van der Waals surface area contributed by atoms with E-state index in [-0.39, 0.29) is 0 Å². The molecule has 2 aromatic carbocycles. The number of terminal acetylenes is 1. The molecule has 1 aliphatic heterocycles. The molecule has 4 rings (SSSR count). The second kappa shape index (κ2) is 13.0. The number of methoxy groups -OCH3 is 1. The Morgan fingerprint density at radius 3 is 2.65 bits per heavy atom. The molecule has 9 heteroatoms. The first-order chi connectivity index (χ1) is 18.1. The molecular formula is C28H31N5O3S. The van der Waals surface area contributed by atoms with E-state index in [1.54, 1.807) is 25.4 Å². The number of ether oxygens (including phenoxy) is 2. The highest BCUT2D eigenvalue weighted by Crippen LogP contribution is 2.35. The Bertz CT molecular complexity index is 1240. The van der Waals surface area contributed by atoms with E-state index in [1.165, 1.54) is 11.8 Å². The SMILES string of the molecule is C#CCCCN1CCN(c2ncc(Sc3ccc(C(N)=O)cc3)c(OCc3cccc(OC)c3)n2)CC1. The molecule has 0 radical (unpaired) electrons. The van der Waals surface area contributed by atoms with E-state index < -0.39 is 5.91 Å². The van der Waals surface area contributed by atoms with Crippen LogP contribution in [0.4, 0.5) is 5.95 Å². The van der Waals surface area contributed by atoms with Crippen LogP contribution in [0.2, 0.25) is 0 Å². The molecule has 2 heterocycles. The first kappa shape index (κ1) is 26.3. The number of unbranched alkanes of at least 4 members (excludes halogenated alkanes) is 1. The first-order valence-electron chi connectivity index (χ1n) is 12.2. The van der Waals surface area contributed by atoms with Gasteiger partial charge in [0.05, 0.1) is 18.2 Å². The number of piperazine rings is 1. The fourth-order valence-electron chi connectivity index (χ4n) is 3.98. The molecule has 0 aliphatic carbocycles. The molecule has 8 nitrogen and oxygen atoms in total. The van der Waals surface area contributed by atoms with Crippen molar-refractivity contribution >= 4 is 23.6 Å². The molecule has 0 spiro atoms. The minimum atomic E-state index is -0.456. The van der Waals surface area contributed by atoms with Crippen LogP contribution >= 0.6 is 11.8 Å². The lowest BCUT2D eigenvalue weighted by molar-refractivity contribution is 0.1000. The molecule has 2 N–H and O–H groups in total. The zero-order chi connectivity index (χ0) is 26.0. The zero-order valence-corrected chi connectivity index (χ0v) is 21.7. The van der Waals surface area contributed by atoms with Crippen LogP contribution < -0.4 is 20.1 Å². The number of rotatable bonds is 11. The number of primary amides is 1. The number of carbonyl (C=O) groups excluding carboxylic acids is 1. The maximum Gasteiger partial charge on any atom is 0.248 e. The molecule has 0 saturated carbocycles. The van der Waals surface area contributed by atoms with E-state index in [0.717, 1.165) is 66.7 Å². The van der Waals surface area contributed by atoms with Crippen LogP contribution in [0.5, 0.6) is 11.6 Å². The third-order valence-electron chi connectivity index (χ3n) is 6.04. The Labute approximate surface area is 222 Å². The van der Waals surface area contributed by atoms with Gasteiger partial charge in [-0.3, -0.25) is 9.69 Å². The van der Waals surface area contributed by atoms with Gasteiger partial charge in [-0.1, -0.05) is 23.9 Å². The highest BCUT2D eigenvalue weighted by Gasteiger charge is 2.21. The third-order valence-corrected chi connectivity index (χ3v) is 7.04. The van der Waals surface area contributed by atoms with Gasteiger partial charge in [-0.15, -0.1) is 12.3 Å². The summed E-state index contributed by atoms with van der Waals surface area (Å²) in [4.78, 5) is 27.2. The average Bonchev–Trinajstić information content (AvgIpc) is 2.93. The molecule has 192 valence electrons. The number of benzene rings is 2. The maximum absolute atomic E-state index is 11.4. The molecule has 0 atom stereocenters. The van der Waals surface area contributed by atoms with Crippen molar-refractivity contribution in [2.24, 2.45) is 5.73 Å². The highest BCUT2D eigenvalue weighted by molar-refractivity contribution is 7.99. The van der Waals surface area contributed by atoms with Gasteiger partial charge in [-0.05, 0) is 54.9 Å². The highest BCUT2D eigenvalue weighted by atomic mass is 32.2. The van der Waals surface area contributed by atoms with Crippen LogP contribution in [0, 0.1) is 12.3 Å². The van der Waals surface area contributed by atoms with Crippen molar-refractivity contribution in [3.8, 4) is 24.0 Å². The van der Waals surface area contributed by atoms with Crippen LogP contribution in [0.1, 0.15) is 28.8 Å². The number of hydrogen-bond donors (Lipinski definition) is 1. The molecule has 1 fully saturated rings. The molecule has 1 aromatic heterocycles. The Morgan fingerprint density at radius 1 is 1.16 bits per heavy atom. The summed E-state index contributed by atoms with van der Waals surface area (Å²) in [6, 6.07) is 14.9. The van der Waals surface area contributed by atoms with Crippen molar-refractivity contribution in [1.82, 2.24) is 14.9 Å². The van der Waals surface area contributed by atoms with Crippen LogP contribution in [0.3, 0.4) is 0 Å². The number of nitrogens with zero attached hydrogens (tertiary/aromatic N) is 4. The summed E-state index contributed by atoms with van der Waals surface area (Å²) < 4.78 is 11.6. The lowest BCUT2D eigenvalue weighted by Gasteiger charge is -2.34. The van der Waals surface area contributed by atoms with E-state index in [9.17, 15) is 4.79 Å². The quantitative estimate of drug-likeness (QED) is 0.303. The smallest absolute Gasteiger partial charge is 0.248 e. The fourth-order valence-corrected chi connectivity index (χ4v) is 4.80. The summed E-state index contributed by atoms with van der Waals surface area (Å²) in [5, 5.41) is 0. The summed E-state index contributed by atoms with van der Waals surface area (Å²) in [7, 11) is 1.64. The zero-order valence-electron chi connectivity index (χ0n) is 20.9. The number of aromatic nitrogens is 2. The number of carbonyl (C=O) groups is 1. The Morgan fingerprint density at radius 2 is 1.95 bits per heavy atom. The minimum Gasteiger partial charge on any atom is -0.497 e. The second-order valence-corrected chi connectivity index (χ2v) is 9.72. The second-order valence-electron chi connectivity index (χ2n) is 8.61. The molecule has 37 heavy (non-hydrogen) atoms. The fraction of sp³-hybridized carbons (Fsp3) is 0.321. The molecule has 1 amide bonds. The van der Waals surface area contributed by atoms with Crippen LogP contribution in [0.15, 0.2) is 64.5 Å². The van der Waals surface area contributed by atoms with Crippen molar-refractivity contribution in [2.75, 3.05) is 44.7 Å². The van der Waals surface area contributed by atoms with E-state index in [2.05, 4.69) is 20.7 Å². The maximum atomic E-state index is 11.4. The van der Waals surface area contributed by atoms with Gasteiger partial charge in [0, 0.05) is 43.1 Å². The standard InChI is InChI=1S/C28H31N5O3S/c1-3-4-5-13-32-14-16-33(17-15-32)28-30-19-25(37-24-11-9-22(10-12-24)26(29)34)27(31-28)36-20-21-7-6-8-23(18-21)35-2/h1,6-12,18-19H,4-5,13-17,20H2,2H3,(H2,29,34). The van der Waals surface area contributed by atoms with Crippen LogP contribution in [0.25, 0.3) is 0 Å². The molecule has 3 aromatic rings. The molecular weight excluding hydrogens is 486 g/mol. The van der Waals surface area contributed by atoms with Gasteiger partial charge in [0.2, 0.25) is 17.7 Å². The van der Waals surface area contributed by atoms with E-state index in [4.69, 9.17) is 26.6 Å². The van der Waals surface area contributed by atoms with Gasteiger partial charge in [-0.25, -0.2) is 4.98 Å². The predicted octanol–water partition coefficient (Wildman–Crippen LogP) is 3.85. The van der Waals surface area contributed by atoms with Crippen LogP contribution in [-0.2, 0) is 6.61 Å². The van der Waals surface area contributed by atoms with Gasteiger partial charge in [0.1, 0.15) is 12.4 Å². The van der Waals surface area contributed by atoms with Crippen molar-refractivity contribution < 1.29 is 14.3 Å². The summed E-state index contributed by atoms with van der Waals surface area (Å²) in [6.45, 7) is 4.91. The van der Waals surface area contributed by atoms with Gasteiger partial charge in [0.25, 0.3) is 0 Å². The monoisotopic (exact) mass is 517 g/mol. The van der Waals surface area contributed by atoms with E-state index in [1.807, 2.05) is 36.4 Å². The topological polar surface area (TPSA) is 93.8 Å². The summed E-state index contributed by atoms with van der Waals surface area (Å²) >= 11 is 1.47. The van der Waals surface area contributed by atoms with Gasteiger partial charge < -0.3 is 20.1 Å². The van der Waals surface area contributed by atoms with Crippen molar-refractivity contribution in [3.05, 3.63) is 65.9 Å². The number of amides is 1. The largest absolute Gasteiger partial charge is 0.497 e. The van der Waals surface area contributed by atoms with Gasteiger partial charge in [0.15, 0.2) is 0 Å². The van der Waals surface area contributed by atoms with Crippen molar-refractivity contribution in [1.29, 1.82) is 0 Å². The molecule has 1 aliphatic rings. The summed E-state index contributed by atoms with van der Waals surface area (Å²) in [6.07, 6.45) is 9.00. The number of anilines is 1. The average molecular weight is 518 g/mol. The Balaban J connectivity index is 1.50. The van der Waals surface area contributed by atoms with Gasteiger partial charge in [-0.2, -0.15) is 4.98 Å². The van der Waals surface area contributed by atoms with Crippen molar-refractivity contribution in [3.63, 3.8) is 0 Å². The normalized spacial score (nSPS) is 13.7. The Hall–Kier alpha value is -3.74. The Kier molecular flexibility index (Phi) is 9.24. The first-order valence-corrected chi connectivity index (χ1v) is 13.0.